The van der Waals surface area contributed by atoms with Crippen molar-refractivity contribution >= 4 is 23.3 Å². The number of amides is 1. The maximum Gasteiger partial charge on any atom is 0.339 e. The minimum Gasteiger partial charge on any atom is -0.465 e. The zero-order valence-corrected chi connectivity index (χ0v) is 12.3. The molecular formula is C17H17NO3. The van der Waals surface area contributed by atoms with Gasteiger partial charge in [-0.05, 0) is 31.2 Å². The van der Waals surface area contributed by atoms with E-state index in [9.17, 15) is 9.59 Å². The van der Waals surface area contributed by atoms with Gasteiger partial charge >= 0.3 is 5.97 Å². The van der Waals surface area contributed by atoms with Crippen molar-refractivity contribution in [3.8, 4) is 0 Å². The molecule has 0 spiro atoms. The van der Waals surface area contributed by atoms with Crippen LogP contribution in [0.4, 0.5) is 11.4 Å². The van der Waals surface area contributed by atoms with Crippen LogP contribution in [0.3, 0.4) is 0 Å². The third-order valence-electron chi connectivity index (χ3n) is 3.16. The molecule has 0 unspecified atom stereocenters. The van der Waals surface area contributed by atoms with E-state index in [0.717, 1.165) is 5.56 Å². The predicted octanol–water partition coefficient (Wildman–Crippen LogP) is 3.47. The summed E-state index contributed by atoms with van der Waals surface area (Å²) in [5.41, 5.74) is 2.68. The molecule has 0 saturated carbocycles. The Hall–Kier alpha value is -2.62. The molecule has 1 amide bonds. The molecule has 4 heteroatoms. The maximum absolute atomic E-state index is 12.1. The van der Waals surface area contributed by atoms with Crippen molar-refractivity contribution in [2.24, 2.45) is 0 Å². The fourth-order valence-corrected chi connectivity index (χ4v) is 2.14. The number of aryl methyl sites for hydroxylation is 1. The van der Waals surface area contributed by atoms with E-state index >= 15 is 0 Å². The lowest BCUT2D eigenvalue weighted by Crippen LogP contribution is -2.25. The molecule has 108 valence electrons. The first-order valence-corrected chi connectivity index (χ1v) is 6.59. The molecule has 0 N–H and O–H groups in total. The molecule has 0 aliphatic heterocycles. The summed E-state index contributed by atoms with van der Waals surface area (Å²) in [6, 6.07) is 14.4. The zero-order chi connectivity index (χ0) is 15.4. The summed E-state index contributed by atoms with van der Waals surface area (Å²) < 4.78 is 4.78. The normalized spacial score (nSPS) is 10.0. The summed E-state index contributed by atoms with van der Waals surface area (Å²) in [6.07, 6.45) is 0. The van der Waals surface area contributed by atoms with Gasteiger partial charge < -0.3 is 4.74 Å². The number of carbonyl (C=O) groups excluding carboxylic acids is 2. The number of hydrogen-bond acceptors (Lipinski definition) is 3. The van der Waals surface area contributed by atoms with E-state index in [0.29, 0.717) is 16.9 Å². The molecule has 0 aliphatic carbocycles. The SMILES string of the molecule is COC(=O)c1ccccc1N(C(C)=O)c1ccc(C)cc1. The van der Waals surface area contributed by atoms with Crippen molar-refractivity contribution in [3.63, 3.8) is 0 Å². The summed E-state index contributed by atoms with van der Waals surface area (Å²) in [7, 11) is 1.32. The first kappa shape index (κ1) is 14.8. The van der Waals surface area contributed by atoms with E-state index in [-0.39, 0.29) is 5.91 Å². The molecule has 0 fully saturated rings. The lowest BCUT2D eigenvalue weighted by molar-refractivity contribution is -0.115. The molecule has 0 saturated heterocycles. The molecule has 0 radical (unpaired) electrons. The number of para-hydroxylation sites is 1. The molecule has 0 atom stereocenters. The highest BCUT2D eigenvalue weighted by atomic mass is 16.5. The first-order chi connectivity index (χ1) is 10.0. The smallest absolute Gasteiger partial charge is 0.339 e. The molecule has 2 rings (SSSR count). The fraction of sp³-hybridized carbons (Fsp3) is 0.176. The summed E-state index contributed by atoms with van der Waals surface area (Å²) in [5, 5.41) is 0. The Kier molecular flexibility index (Phi) is 4.38. The lowest BCUT2D eigenvalue weighted by atomic mass is 10.1. The molecule has 0 aromatic heterocycles. The van der Waals surface area contributed by atoms with Gasteiger partial charge in [0.1, 0.15) is 0 Å². The van der Waals surface area contributed by atoms with Crippen LogP contribution in [0, 0.1) is 6.92 Å². The third kappa shape index (κ3) is 3.11. The highest BCUT2D eigenvalue weighted by Gasteiger charge is 2.20. The van der Waals surface area contributed by atoms with Crippen LogP contribution in [0.5, 0.6) is 0 Å². The molecular weight excluding hydrogens is 266 g/mol. The van der Waals surface area contributed by atoms with E-state index < -0.39 is 5.97 Å². The monoisotopic (exact) mass is 283 g/mol. The van der Waals surface area contributed by atoms with Gasteiger partial charge in [-0.15, -0.1) is 0 Å². The van der Waals surface area contributed by atoms with Gasteiger partial charge in [-0.25, -0.2) is 4.79 Å². The van der Waals surface area contributed by atoms with Crippen LogP contribution in [0.1, 0.15) is 22.8 Å². The second kappa shape index (κ2) is 6.22. The van der Waals surface area contributed by atoms with Crippen LogP contribution in [0.25, 0.3) is 0 Å². The van der Waals surface area contributed by atoms with Gasteiger partial charge in [0.05, 0.1) is 18.4 Å². The number of ether oxygens (including phenoxy) is 1. The minimum atomic E-state index is -0.469. The molecule has 21 heavy (non-hydrogen) atoms. The van der Waals surface area contributed by atoms with Gasteiger partial charge in [0.2, 0.25) is 5.91 Å². The van der Waals surface area contributed by atoms with Crippen LogP contribution < -0.4 is 4.90 Å². The Balaban J connectivity index is 2.56. The standard InChI is InChI=1S/C17H17NO3/c1-12-8-10-14(11-9-12)18(13(2)19)16-7-5-4-6-15(16)17(20)21-3/h4-11H,1-3H3. The van der Waals surface area contributed by atoms with Gasteiger partial charge in [-0.1, -0.05) is 29.8 Å². The topological polar surface area (TPSA) is 46.6 Å². The summed E-state index contributed by atoms with van der Waals surface area (Å²) in [4.78, 5) is 25.5. The first-order valence-electron chi connectivity index (χ1n) is 6.59. The van der Waals surface area contributed by atoms with Crippen molar-refractivity contribution < 1.29 is 14.3 Å². The zero-order valence-electron chi connectivity index (χ0n) is 12.3. The molecule has 4 nitrogen and oxygen atoms in total. The highest BCUT2D eigenvalue weighted by molar-refractivity contribution is 6.06. The number of benzene rings is 2. The summed E-state index contributed by atoms with van der Waals surface area (Å²) in [5.74, 6) is -0.640. The van der Waals surface area contributed by atoms with Crippen molar-refractivity contribution in [1.29, 1.82) is 0 Å². The highest BCUT2D eigenvalue weighted by Crippen LogP contribution is 2.29. The summed E-state index contributed by atoms with van der Waals surface area (Å²) >= 11 is 0. The number of hydrogen-bond donors (Lipinski definition) is 0. The van der Waals surface area contributed by atoms with Crippen LogP contribution in [-0.2, 0) is 9.53 Å². The van der Waals surface area contributed by atoms with Gasteiger partial charge in [0.15, 0.2) is 0 Å². The average molecular weight is 283 g/mol. The van der Waals surface area contributed by atoms with E-state index in [4.69, 9.17) is 4.74 Å². The molecule has 0 bridgehead atoms. The average Bonchev–Trinajstić information content (AvgIpc) is 2.49. The van der Waals surface area contributed by atoms with Crippen molar-refractivity contribution in [2.75, 3.05) is 12.0 Å². The van der Waals surface area contributed by atoms with Gasteiger partial charge in [0, 0.05) is 12.6 Å². The van der Waals surface area contributed by atoms with E-state index in [1.54, 1.807) is 24.3 Å². The largest absolute Gasteiger partial charge is 0.465 e. The molecule has 0 heterocycles. The molecule has 0 aliphatic rings. The number of rotatable bonds is 3. The quantitative estimate of drug-likeness (QED) is 0.810. The number of carbonyl (C=O) groups is 2. The van der Waals surface area contributed by atoms with Gasteiger partial charge in [0.25, 0.3) is 0 Å². The Morgan fingerprint density at radius 2 is 1.62 bits per heavy atom. The van der Waals surface area contributed by atoms with Crippen LogP contribution in [-0.4, -0.2) is 19.0 Å². The van der Waals surface area contributed by atoms with Crippen molar-refractivity contribution in [1.82, 2.24) is 0 Å². The third-order valence-corrected chi connectivity index (χ3v) is 3.16. The Labute approximate surface area is 124 Å². The van der Waals surface area contributed by atoms with Gasteiger partial charge in [-0.2, -0.15) is 0 Å². The van der Waals surface area contributed by atoms with Crippen LogP contribution >= 0.6 is 0 Å². The van der Waals surface area contributed by atoms with E-state index in [2.05, 4.69) is 0 Å². The number of nitrogens with zero attached hydrogens (tertiary/aromatic N) is 1. The van der Waals surface area contributed by atoms with Gasteiger partial charge in [-0.3, -0.25) is 9.69 Å². The minimum absolute atomic E-state index is 0.171. The predicted molar refractivity (Wildman–Crippen MR) is 81.8 cm³/mol. The molecule has 2 aromatic carbocycles. The second-order valence-electron chi connectivity index (χ2n) is 4.70. The van der Waals surface area contributed by atoms with E-state index in [1.807, 2.05) is 31.2 Å². The van der Waals surface area contributed by atoms with Crippen molar-refractivity contribution in [2.45, 2.75) is 13.8 Å². The maximum atomic E-state index is 12.1. The number of anilines is 2. The Bertz CT molecular complexity index is 662. The second-order valence-corrected chi connectivity index (χ2v) is 4.70. The number of methoxy groups -OCH3 is 1. The fourth-order valence-electron chi connectivity index (χ4n) is 2.14. The number of esters is 1. The van der Waals surface area contributed by atoms with Crippen LogP contribution in [0.15, 0.2) is 48.5 Å². The lowest BCUT2D eigenvalue weighted by Gasteiger charge is -2.23. The van der Waals surface area contributed by atoms with Crippen LogP contribution in [0.2, 0.25) is 0 Å². The Morgan fingerprint density at radius 3 is 2.19 bits per heavy atom. The summed E-state index contributed by atoms with van der Waals surface area (Å²) in [6.45, 7) is 3.44. The Morgan fingerprint density at radius 1 is 1.00 bits per heavy atom. The molecule has 2 aromatic rings. The van der Waals surface area contributed by atoms with Crippen molar-refractivity contribution in [3.05, 3.63) is 59.7 Å². The van der Waals surface area contributed by atoms with E-state index in [1.165, 1.54) is 18.9 Å².